The van der Waals surface area contributed by atoms with Gasteiger partial charge in [-0.1, -0.05) is 0 Å². The summed E-state index contributed by atoms with van der Waals surface area (Å²) < 4.78 is 3.03. The SMILES string of the molecule is Cn1nccc1CCC(NN)c1ccc(Br)s1. The first kappa shape index (κ1) is 12.8. The van der Waals surface area contributed by atoms with Crippen LogP contribution in [0.15, 0.2) is 28.2 Å². The van der Waals surface area contributed by atoms with E-state index in [1.54, 1.807) is 11.3 Å². The van der Waals surface area contributed by atoms with Crippen LogP contribution < -0.4 is 11.3 Å². The molecular weight excluding hydrogens is 300 g/mol. The average Bonchev–Trinajstić information content (AvgIpc) is 2.90. The van der Waals surface area contributed by atoms with Gasteiger partial charge in [-0.15, -0.1) is 11.3 Å². The molecule has 3 N–H and O–H groups in total. The van der Waals surface area contributed by atoms with Gasteiger partial charge in [-0.05, 0) is 47.0 Å². The van der Waals surface area contributed by atoms with Gasteiger partial charge in [0.1, 0.15) is 0 Å². The Morgan fingerprint density at radius 2 is 2.35 bits per heavy atom. The van der Waals surface area contributed by atoms with Gasteiger partial charge in [-0.3, -0.25) is 16.0 Å². The van der Waals surface area contributed by atoms with Gasteiger partial charge >= 0.3 is 0 Å². The zero-order chi connectivity index (χ0) is 12.3. The molecule has 1 unspecified atom stereocenters. The Morgan fingerprint density at radius 1 is 1.53 bits per heavy atom. The van der Waals surface area contributed by atoms with E-state index in [-0.39, 0.29) is 6.04 Å². The molecule has 0 aliphatic carbocycles. The molecular formula is C11H15BrN4S. The number of aryl methyl sites for hydroxylation is 2. The predicted octanol–water partition coefficient (Wildman–Crippen LogP) is 2.38. The number of hydrazine groups is 1. The summed E-state index contributed by atoms with van der Waals surface area (Å²) in [5, 5.41) is 4.16. The van der Waals surface area contributed by atoms with Gasteiger partial charge in [0.15, 0.2) is 0 Å². The fourth-order valence-electron chi connectivity index (χ4n) is 1.76. The lowest BCUT2D eigenvalue weighted by Crippen LogP contribution is -2.27. The summed E-state index contributed by atoms with van der Waals surface area (Å²) in [7, 11) is 1.96. The maximum atomic E-state index is 5.61. The molecule has 0 spiro atoms. The second-order valence-corrected chi connectivity index (χ2v) is 6.34. The molecule has 2 rings (SSSR count). The first-order valence-electron chi connectivity index (χ1n) is 5.39. The molecule has 0 radical (unpaired) electrons. The number of nitrogens with two attached hydrogens (primary N) is 1. The number of nitrogens with one attached hydrogen (secondary N) is 1. The van der Waals surface area contributed by atoms with Crippen LogP contribution in [-0.4, -0.2) is 9.78 Å². The Balaban J connectivity index is 1.99. The summed E-state index contributed by atoms with van der Waals surface area (Å²) in [6.45, 7) is 0. The van der Waals surface area contributed by atoms with E-state index in [2.05, 4.69) is 38.6 Å². The second kappa shape index (κ2) is 5.77. The van der Waals surface area contributed by atoms with Crippen molar-refractivity contribution in [2.45, 2.75) is 18.9 Å². The Morgan fingerprint density at radius 3 is 2.88 bits per heavy atom. The smallest absolute Gasteiger partial charge is 0.0702 e. The molecule has 4 nitrogen and oxygen atoms in total. The molecule has 2 heterocycles. The van der Waals surface area contributed by atoms with Crippen molar-refractivity contribution in [3.63, 3.8) is 0 Å². The predicted molar refractivity (Wildman–Crippen MR) is 73.6 cm³/mol. The van der Waals surface area contributed by atoms with Gasteiger partial charge in [0.05, 0.1) is 9.83 Å². The highest BCUT2D eigenvalue weighted by molar-refractivity contribution is 9.11. The summed E-state index contributed by atoms with van der Waals surface area (Å²) >= 11 is 5.18. The van der Waals surface area contributed by atoms with E-state index < -0.39 is 0 Å². The minimum Gasteiger partial charge on any atom is -0.273 e. The van der Waals surface area contributed by atoms with Crippen LogP contribution in [0.4, 0.5) is 0 Å². The van der Waals surface area contributed by atoms with Crippen LogP contribution in [0, 0.1) is 0 Å². The Kier molecular flexibility index (Phi) is 4.33. The van der Waals surface area contributed by atoms with Crippen molar-refractivity contribution in [1.82, 2.24) is 15.2 Å². The largest absolute Gasteiger partial charge is 0.273 e. The van der Waals surface area contributed by atoms with Crippen LogP contribution in [0.5, 0.6) is 0 Å². The summed E-state index contributed by atoms with van der Waals surface area (Å²) in [5.74, 6) is 5.61. The van der Waals surface area contributed by atoms with E-state index in [0.29, 0.717) is 0 Å². The Bertz CT molecular complexity index is 479. The van der Waals surface area contributed by atoms with E-state index in [1.165, 1.54) is 10.6 Å². The Labute approximate surface area is 113 Å². The van der Waals surface area contributed by atoms with E-state index in [1.807, 2.05) is 24.0 Å². The van der Waals surface area contributed by atoms with E-state index >= 15 is 0 Å². The first-order valence-corrected chi connectivity index (χ1v) is 7.00. The van der Waals surface area contributed by atoms with Gasteiger partial charge < -0.3 is 0 Å². The zero-order valence-electron chi connectivity index (χ0n) is 9.56. The lowest BCUT2D eigenvalue weighted by atomic mass is 10.1. The molecule has 17 heavy (non-hydrogen) atoms. The van der Waals surface area contributed by atoms with Crippen molar-refractivity contribution in [3.05, 3.63) is 38.8 Å². The minimum atomic E-state index is 0.196. The number of aromatic nitrogens is 2. The maximum absolute atomic E-state index is 5.61. The third-order valence-electron chi connectivity index (χ3n) is 2.75. The number of thiophene rings is 1. The highest BCUT2D eigenvalue weighted by Crippen LogP contribution is 2.29. The van der Waals surface area contributed by atoms with Gasteiger partial charge in [0.25, 0.3) is 0 Å². The summed E-state index contributed by atoms with van der Waals surface area (Å²) in [6, 6.07) is 6.38. The molecule has 2 aromatic heterocycles. The molecule has 0 saturated heterocycles. The van der Waals surface area contributed by atoms with Crippen LogP contribution in [0.3, 0.4) is 0 Å². The van der Waals surface area contributed by atoms with Gasteiger partial charge in [-0.25, -0.2) is 0 Å². The van der Waals surface area contributed by atoms with Crippen molar-refractivity contribution >= 4 is 27.3 Å². The molecule has 0 aromatic carbocycles. The number of rotatable bonds is 5. The number of nitrogens with zero attached hydrogens (tertiary/aromatic N) is 2. The normalized spacial score (nSPS) is 12.9. The van der Waals surface area contributed by atoms with Crippen molar-refractivity contribution in [1.29, 1.82) is 0 Å². The lowest BCUT2D eigenvalue weighted by molar-refractivity contribution is 0.514. The van der Waals surface area contributed by atoms with E-state index in [9.17, 15) is 0 Å². The average molecular weight is 315 g/mol. The second-order valence-electron chi connectivity index (χ2n) is 3.85. The molecule has 1 atom stereocenters. The fraction of sp³-hybridized carbons (Fsp3) is 0.364. The molecule has 0 amide bonds. The summed E-state index contributed by atoms with van der Waals surface area (Å²) in [4.78, 5) is 1.25. The standard InChI is InChI=1S/C11H15BrN4S/c1-16-8(6-7-14-16)2-3-9(15-13)10-4-5-11(12)17-10/h4-7,9,15H,2-3,13H2,1H3. The summed E-state index contributed by atoms with van der Waals surface area (Å²) in [6.07, 6.45) is 3.74. The molecule has 6 heteroatoms. The molecule has 92 valence electrons. The van der Waals surface area contributed by atoms with Crippen molar-refractivity contribution in [2.75, 3.05) is 0 Å². The number of halogens is 1. The van der Waals surface area contributed by atoms with Gasteiger partial charge in [-0.2, -0.15) is 5.10 Å². The van der Waals surface area contributed by atoms with Gasteiger partial charge in [0.2, 0.25) is 0 Å². The van der Waals surface area contributed by atoms with Crippen LogP contribution in [0.25, 0.3) is 0 Å². The molecule has 2 aromatic rings. The topological polar surface area (TPSA) is 55.9 Å². The molecule has 0 aliphatic heterocycles. The van der Waals surface area contributed by atoms with Crippen LogP contribution in [0.1, 0.15) is 23.0 Å². The molecule has 0 saturated carbocycles. The zero-order valence-corrected chi connectivity index (χ0v) is 12.0. The molecule has 0 aliphatic rings. The number of hydrogen-bond acceptors (Lipinski definition) is 4. The van der Waals surface area contributed by atoms with E-state index in [4.69, 9.17) is 5.84 Å². The molecule has 0 bridgehead atoms. The third-order valence-corrected chi connectivity index (χ3v) is 4.49. The Hall–Kier alpha value is -0.690. The van der Waals surface area contributed by atoms with Crippen molar-refractivity contribution in [2.24, 2.45) is 12.9 Å². The van der Waals surface area contributed by atoms with Crippen LogP contribution in [-0.2, 0) is 13.5 Å². The number of hydrogen-bond donors (Lipinski definition) is 2. The van der Waals surface area contributed by atoms with Crippen LogP contribution in [0.2, 0.25) is 0 Å². The third kappa shape index (κ3) is 3.16. The quantitative estimate of drug-likeness (QED) is 0.658. The van der Waals surface area contributed by atoms with Crippen molar-refractivity contribution in [3.8, 4) is 0 Å². The summed E-state index contributed by atoms with van der Waals surface area (Å²) in [5.41, 5.74) is 4.10. The fourth-order valence-corrected chi connectivity index (χ4v) is 3.28. The molecule has 0 fully saturated rings. The van der Waals surface area contributed by atoms with E-state index in [0.717, 1.165) is 16.6 Å². The monoisotopic (exact) mass is 314 g/mol. The maximum Gasteiger partial charge on any atom is 0.0702 e. The lowest BCUT2D eigenvalue weighted by Gasteiger charge is -2.13. The van der Waals surface area contributed by atoms with Crippen molar-refractivity contribution < 1.29 is 0 Å². The van der Waals surface area contributed by atoms with Gasteiger partial charge in [0, 0.05) is 23.8 Å². The van der Waals surface area contributed by atoms with Crippen LogP contribution >= 0.6 is 27.3 Å². The first-order chi connectivity index (χ1) is 8.20. The highest BCUT2D eigenvalue weighted by atomic mass is 79.9. The highest BCUT2D eigenvalue weighted by Gasteiger charge is 2.12. The minimum absolute atomic E-state index is 0.196.